The number of ether oxygens (including phenoxy) is 1. The van der Waals surface area contributed by atoms with Gasteiger partial charge in [0.15, 0.2) is 0 Å². The number of benzene rings is 3. The quantitative estimate of drug-likeness (QED) is 0.446. The average molecular weight is 457 g/mol. The number of carbonyl (C=O) groups excluding carboxylic acids is 1. The second kappa shape index (κ2) is 9.39. The monoisotopic (exact) mass is 456 g/mol. The van der Waals surface area contributed by atoms with Crippen molar-refractivity contribution in [1.29, 1.82) is 0 Å². The maximum Gasteiger partial charge on any atom is 0.322 e. The van der Waals surface area contributed by atoms with E-state index in [0.29, 0.717) is 28.2 Å². The summed E-state index contributed by atoms with van der Waals surface area (Å²) in [6, 6.07) is 19.5. The molecule has 7 nitrogen and oxygen atoms in total. The second-order valence-electron chi connectivity index (χ2n) is 8.28. The Morgan fingerprint density at radius 1 is 1.00 bits per heavy atom. The number of para-hydroxylation sites is 4. The Labute approximate surface area is 198 Å². The number of methoxy groups -OCH3 is 1. The van der Waals surface area contributed by atoms with Crippen molar-refractivity contribution in [3.8, 4) is 11.4 Å². The number of hydrogen-bond acceptors (Lipinski definition) is 4. The molecule has 0 spiro atoms. The fourth-order valence-corrected chi connectivity index (χ4v) is 4.03. The van der Waals surface area contributed by atoms with Crippen LogP contribution in [0.25, 0.3) is 16.6 Å². The third-order valence-corrected chi connectivity index (χ3v) is 6.12. The van der Waals surface area contributed by atoms with Crippen molar-refractivity contribution in [2.45, 2.75) is 26.8 Å². The molecule has 174 valence electrons. The summed E-state index contributed by atoms with van der Waals surface area (Å²) in [5.74, 6) is 0.977. The predicted molar refractivity (Wildman–Crippen MR) is 135 cm³/mol. The SMILES string of the molecule is COc1ccccc1-n1c(C(C)N(C)C(=O)Nc2c(C)cccc2C)nc2ccccc2c1=O. The first-order chi connectivity index (χ1) is 16.3. The molecule has 1 heterocycles. The summed E-state index contributed by atoms with van der Waals surface area (Å²) in [4.78, 5) is 33.2. The number of nitrogens with one attached hydrogen (secondary N) is 1. The van der Waals surface area contributed by atoms with Crippen LogP contribution in [0.2, 0.25) is 0 Å². The molecule has 34 heavy (non-hydrogen) atoms. The van der Waals surface area contributed by atoms with Gasteiger partial charge in [-0.2, -0.15) is 0 Å². The lowest BCUT2D eigenvalue weighted by Crippen LogP contribution is -2.37. The number of aryl methyl sites for hydroxylation is 2. The van der Waals surface area contributed by atoms with Crippen LogP contribution >= 0.6 is 0 Å². The normalized spacial score (nSPS) is 11.8. The molecule has 0 radical (unpaired) electrons. The molecule has 3 aromatic carbocycles. The molecule has 2 amide bonds. The van der Waals surface area contributed by atoms with Crippen LogP contribution in [0.3, 0.4) is 0 Å². The van der Waals surface area contributed by atoms with Crippen LogP contribution in [0.1, 0.15) is 29.9 Å². The highest BCUT2D eigenvalue weighted by molar-refractivity contribution is 5.91. The highest BCUT2D eigenvalue weighted by Gasteiger charge is 2.25. The number of carbonyl (C=O) groups is 1. The van der Waals surface area contributed by atoms with Gasteiger partial charge in [0.1, 0.15) is 11.6 Å². The van der Waals surface area contributed by atoms with E-state index in [4.69, 9.17) is 9.72 Å². The lowest BCUT2D eigenvalue weighted by atomic mass is 10.1. The fourth-order valence-electron chi connectivity index (χ4n) is 4.03. The van der Waals surface area contributed by atoms with Gasteiger partial charge in [-0.15, -0.1) is 0 Å². The number of amides is 2. The topological polar surface area (TPSA) is 76.5 Å². The fraction of sp³-hybridized carbons (Fsp3) is 0.222. The van der Waals surface area contributed by atoms with Crippen molar-refractivity contribution >= 4 is 22.6 Å². The van der Waals surface area contributed by atoms with Gasteiger partial charge < -0.3 is 15.0 Å². The summed E-state index contributed by atoms with van der Waals surface area (Å²) in [7, 11) is 3.26. The minimum atomic E-state index is -0.522. The zero-order valence-corrected chi connectivity index (χ0v) is 20.0. The molecule has 1 atom stereocenters. The van der Waals surface area contributed by atoms with Crippen LogP contribution in [0.4, 0.5) is 10.5 Å². The molecule has 4 rings (SSSR count). The van der Waals surface area contributed by atoms with E-state index >= 15 is 0 Å². The Hall–Kier alpha value is -4.13. The number of rotatable bonds is 5. The van der Waals surface area contributed by atoms with Crippen LogP contribution in [-0.4, -0.2) is 34.6 Å². The van der Waals surface area contributed by atoms with Crippen molar-refractivity contribution in [3.05, 3.63) is 94.0 Å². The van der Waals surface area contributed by atoms with E-state index in [1.807, 2.05) is 69.3 Å². The molecule has 0 aliphatic carbocycles. The van der Waals surface area contributed by atoms with E-state index in [0.717, 1.165) is 16.8 Å². The van der Waals surface area contributed by atoms with Gasteiger partial charge in [0.2, 0.25) is 0 Å². The summed E-state index contributed by atoms with van der Waals surface area (Å²) in [5.41, 5.74) is 3.65. The number of aromatic nitrogens is 2. The van der Waals surface area contributed by atoms with Gasteiger partial charge in [-0.25, -0.2) is 9.78 Å². The zero-order chi connectivity index (χ0) is 24.4. The predicted octanol–water partition coefficient (Wildman–Crippen LogP) is 5.24. The third kappa shape index (κ3) is 4.12. The Kier molecular flexibility index (Phi) is 6.36. The molecular formula is C27H28N4O3. The number of anilines is 1. The van der Waals surface area contributed by atoms with Crippen LogP contribution in [0, 0.1) is 13.8 Å². The average Bonchev–Trinajstić information content (AvgIpc) is 2.85. The minimum Gasteiger partial charge on any atom is -0.495 e. The first kappa shape index (κ1) is 23.0. The van der Waals surface area contributed by atoms with Gasteiger partial charge in [0.25, 0.3) is 5.56 Å². The molecule has 1 N–H and O–H groups in total. The molecule has 0 aliphatic rings. The Morgan fingerprint density at radius 3 is 2.35 bits per heavy atom. The highest BCUT2D eigenvalue weighted by Crippen LogP contribution is 2.28. The zero-order valence-electron chi connectivity index (χ0n) is 20.0. The number of nitrogens with zero attached hydrogens (tertiary/aromatic N) is 3. The second-order valence-corrected chi connectivity index (χ2v) is 8.28. The molecule has 0 saturated carbocycles. The summed E-state index contributed by atoms with van der Waals surface area (Å²) >= 11 is 0. The molecule has 0 aliphatic heterocycles. The lowest BCUT2D eigenvalue weighted by Gasteiger charge is -2.28. The van der Waals surface area contributed by atoms with E-state index in [1.165, 1.54) is 4.57 Å². The summed E-state index contributed by atoms with van der Waals surface area (Å²) in [6.07, 6.45) is 0. The van der Waals surface area contributed by atoms with Crippen molar-refractivity contribution in [2.24, 2.45) is 0 Å². The van der Waals surface area contributed by atoms with Gasteiger partial charge in [-0.1, -0.05) is 42.5 Å². The summed E-state index contributed by atoms with van der Waals surface area (Å²) in [5, 5.41) is 3.50. The molecule has 0 fully saturated rings. The van der Waals surface area contributed by atoms with Gasteiger partial charge >= 0.3 is 6.03 Å². The van der Waals surface area contributed by atoms with Crippen molar-refractivity contribution < 1.29 is 9.53 Å². The third-order valence-electron chi connectivity index (χ3n) is 6.12. The molecule has 1 aromatic heterocycles. The molecule has 1 unspecified atom stereocenters. The lowest BCUT2D eigenvalue weighted by molar-refractivity contribution is 0.205. The summed E-state index contributed by atoms with van der Waals surface area (Å²) < 4.78 is 7.07. The standard InChI is InChI=1S/C27H28N4O3/c1-17-11-10-12-18(2)24(17)29-27(33)30(4)19(3)25-28-21-14-7-6-13-20(21)26(32)31(25)22-15-8-9-16-23(22)34-5/h6-16,19H,1-5H3,(H,29,33). The maximum absolute atomic E-state index is 13.6. The Balaban J connectivity index is 1.83. The van der Waals surface area contributed by atoms with Gasteiger partial charge in [0.05, 0.1) is 29.7 Å². The minimum absolute atomic E-state index is 0.222. The first-order valence-electron chi connectivity index (χ1n) is 11.1. The molecule has 7 heteroatoms. The van der Waals surface area contributed by atoms with Crippen molar-refractivity contribution in [1.82, 2.24) is 14.5 Å². The van der Waals surface area contributed by atoms with Crippen LogP contribution in [0.15, 0.2) is 71.5 Å². The van der Waals surface area contributed by atoms with Crippen LogP contribution in [-0.2, 0) is 0 Å². The highest BCUT2D eigenvalue weighted by atomic mass is 16.5. The molecule has 4 aromatic rings. The molecule has 0 bridgehead atoms. The smallest absolute Gasteiger partial charge is 0.322 e. The summed E-state index contributed by atoms with van der Waals surface area (Å²) in [6.45, 7) is 5.76. The van der Waals surface area contributed by atoms with Gasteiger partial charge in [-0.05, 0) is 56.2 Å². The number of urea groups is 1. The van der Waals surface area contributed by atoms with Gasteiger partial charge in [-0.3, -0.25) is 9.36 Å². The van der Waals surface area contributed by atoms with Crippen molar-refractivity contribution in [2.75, 3.05) is 19.5 Å². The molecule has 0 saturated heterocycles. The number of fused-ring (bicyclic) bond motifs is 1. The first-order valence-corrected chi connectivity index (χ1v) is 11.1. The van der Waals surface area contributed by atoms with E-state index in [9.17, 15) is 9.59 Å². The maximum atomic E-state index is 13.6. The molecular weight excluding hydrogens is 428 g/mol. The van der Waals surface area contributed by atoms with E-state index in [1.54, 1.807) is 37.3 Å². The largest absolute Gasteiger partial charge is 0.495 e. The van der Waals surface area contributed by atoms with Crippen LogP contribution in [0.5, 0.6) is 5.75 Å². The van der Waals surface area contributed by atoms with E-state index in [-0.39, 0.29) is 11.6 Å². The van der Waals surface area contributed by atoms with Crippen molar-refractivity contribution in [3.63, 3.8) is 0 Å². The number of hydrogen-bond donors (Lipinski definition) is 1. The Morgan fingerprint density at radius 2 is 1.65 bits per heavy atom. The van der Waals surface area contributed by atoms with Crippen LogP contribution < -0.4 is 15.6 Å². The van der Waals surface area contributed by atoms with E-state index < -0.39 is 6.04 Å². The van der Waals surface area contributed by atoms with Gasteiger partial charge in [0, 0.05) is 12.7 Å². The Bertz CT molecular complexity index is 1410. The van der Waals surface area contributed by atoms with E-state index in [2.05, 4.69) is 5.32 Å².